The number of benzene rings is 2. The van der Waals surface area contributed by atoms with E-state index in [1.165, 1.54) is 0 Å². The van der Waals surface area contributed by atoms with E-state index in [2.05, 4.69) is 21.7 Å². The number of methoxy groups -OCH3 is 2. The highest BCUT2D eigenvalue weighted by molar-refractivity contribution is 7.17. The Bertz CT molecular complexity index is 1160. The molecule has 0 atom stereocenters. The first kappa shape index (κ1) is 18.1. The first-order valence-electron chi connectivity index (χ1n) is 8.69. The molecule has 0 aliphatic heterocycles. The van der Waals surface area contributed by atoms with Crippen LogP contribution in [0.15, 0.2) is 48.0 Å². The maximum atomic E-state index is 5.96. The molecular formula is C21H20N4O2S. The molecule has 0 aliphatic rings. The topological polar surface area (TPSA) is 82.3 Å². The predicted molar refractivity (Wildman–Crippen MR) is 115 cm³/mol. The van der Waals surface area contributed by atoms with Gasteiger partial charge in [0.15, 0.2) is 11.5 Å². The molecule has 0 amide bonds. The van der Waals surface area contributed by atoms with Crippen molar-refractivity contribution in [3.63, 3.8) is 0 Å². The van der Waals surface area contributed by atoms with Crippen LogP contribution in [-0.2, 0) is 0 Å². The van der Waals surface area contributed by atoms with Gasteiger partial charge >= 0.3 is 0 Å². The minimum Gasteiger partial charge on any atom is -0.493 e. The first-order valence-corrected chi connectivity index (χ1v) is 9.57. The number of aryl methyl sites for hydroxylation is 1. The van der Waals surface area contributed by atoms with Crippen LogP contribution in [-0.4, -0.2) is 24.2 Å². The molecule has 142 valence electrons. The van der Waals surface area contributed by atoms with Gasteiger partial charge in [0.1, 0.15) is 0 Å². The molecule has 28 heavy (non-hydrogen) atoms. The van der Waals surface area contributed by atoms with Gasteiger partial charge in [0.05, 0.1) is 30.6 Å². The molecule has 2 aromatic carbocycles. The average molecular weight is 392 g/mol. The molecule has 2 aromatic heterocycles. The lowest BCUT2D eigenvalue weighted by molar-refractivity contribution is 0.355. The number of hydrogen-bond acceptors (Lipinski definition) is 7. The Labute approximate surface area is 167 Å². The van der Waals surface area contributed by atoms with Crippen molar-refractivity contribution in [1.82, 2.24) is 9.97 Å². The zero-order chi connectivity index (χ0) is 19.7. The number of hydrogen-bond donors (Lipinski definition) is 2. The second-order valence-electron chi connectivity index (χ2n) is 6.32. The minimum atomic E-state index is 0.520. The van der Waals surface area contributed by atoms with E-state index in [1.54, 1.807) is 25.6 Å². The largest absolute Gasteiger partial charge is 0.493 e. The quantitative estimate of drug-likeness (QED) is 0.465. The Morgan fingerprint density at radius 3 is 2.61 bits per heavy atom. The number of nitrogen functional groups attached to an aromatic ring is 1. The predicted octanol–water partition coefficient (Wildman–Crippen LogP) is 5.01. The van der Waals surface area contributed by atoms with Crippen LogP contribution in [0.3, 0.4) is 0 Å². The smallest absolute Gasteiger partial charge is 0.227 e. The number of aromatic nitrogens is 2. The van der Waals surface area contributed by atoms with Gasteiger partial charge in [-0.15, -0.1) is 11.3 Å². The lowest BCUT2D eigenvalue weighted by atomic mass is 10.0. The molecule has 0 radical (unpaired) electrons. The van der Waals surface area contributed by atoms with E-state index in [1.807, 2.05) is 43.5 Å². The van der Waals surface area contributed by atoms with E-state index < -0.39 is 0 Å². The summed E-state index contributed by atoms with van der Waals surface area (Å²) in [4.78, 5) is 9.18. The Morgan fingerprint density at radius 2 is 1.86 bits per heavy atom. The number of nitrogens with zero attached hydrogens (tertiary/aromatic N) is 2. The van der Waals surface area contributed by atoms with Gasteiger partial charge in [0.25, 0.3) is 0 Å². The molecule has 7 heteroatoms. The second-order valence-corrected chi connectivity index (χ2v) is 7.23. The fraction of sp³-hybridized carbons (Fsp3) is 0.143. The van der Waals surface area contributed by atoms with Crippen molar-refractivity contribution in [3.8, 4) is 22.6 Å². The van der Waals surface area contributed by atoms with Crippen molar-refractivity contribution >= 4 is 38.9 Å². The maximum Gasteiger partial charge on any atom is 0.227 e. The first-order chi connectivity index (χ1) is 13.6. The molecule has 0 unspecified atom stereocenters. The molecule has 0 saturated carbocycles. The second kappa shape index (κ2) is 7.36. The van der Waals surface area contributed by atoms with Gasteiger partial charge in [-0.25, -0.2) is 9.97 Å². The average Bonchev–Trinajstić information content (AvgIpc) is 3.13. The van der Waals surface area contributed by atoms with Gasteiger partial charge in [-0.1, -0.05) is 6.07 Å². The monoisotopic (exact) mass is 392 g/mol. The van der Waals surface area contributed by atoms with Gasteiger partial charge < -0.3 is 20.5 Å². The van der Waals surface area contributed by atoms with Crippen LogP contribution >= 0.6 is 11.3 Å². The van der Waals surface area contributed by atoms with Gasteiger partial charge in [0.2, 0.25) is 5.95 Å². The zero-order valence-corrected chi connectivity index (χ0v) is 16.6. The van der Waals surface area contributed by atoms with Crippen molar-refractivity contribution in [3.05, 3.63) is 53.5 Å². The molecule has 2 heterocycles. The molecule has 6 nitrogen and oxygen atoms in total. The van der Waals surface area contributed by atoms with Crippen molar-refractivity contribution in [2.24, 2.45) is 0 Å². The van der Waals surface area contributed by atoms with E-state index in [0.29, 0.717) is 17.4 Å². The fourth-order valence-electron chi connectivity index (χ4n) is 2.98. The van der Waals surface area contributed by atoms with Crippen LogP contribution in [0.2, 0.25) is 0 Å². The number of anilines is 3. The molecule has 4 aromatic rings. The van der Waals surface area contributed by atoms with Crippen molar-refractivity contribution in [2.75, 3.05) is 25.3 Å². The third-order valence-corrected chi connectivity index (χ3v) is 5.44. The number of nitrogens with one attached hydrogen (secondary N) is 1. The van der Waals surface area contributed by atoms with Gasteiger partial charge in [0, 0.05) is 28.4 Å². The molecule has 3 N–H and O–H groups in total. The Kier molecular flexibility index (Phi) is 4.75. The van der Waals surface area contributed by atoms with E-state index in [4.69, 9.17) is 20.2 Å². The van der Waals surface area contributed by atoms with Crippen LogP contribution in [0.5, 0.6) is 11.5 Å². The molecule has 0 saturated heterocycles. The van der Waals surface area contributed by atoms with Crippen molar-refractivity contribution in [2.45, 2.75) is 6.92 Å². The van der Waals surface area contributed by atoms with Gasteiger partial charge in [-0.3, -0.25) is 0 Å². The van der Waals surface area contributed by atoms with Crippen LogP contribution in [0.4, 0.5) is 17.3 Å². The normalized spacial score (nSPS) is 10.8. The number of rotatable bonds is 5. The minimum absolute atomic E-state index is 0.520. The van der Waals surface area contributed by atoms with E-state index >= 15 is 0 Å². The summed E-state index contributed by atoms with van der Waals surface area (Å²) in [6, 6.07) is 11.6. The van der Waals surface area contributed by atoms with Crippen molar-refractivity contribution < 1.29 is 9.47 Å². The summed E-state index contributed by atoms with van der Waals surface area (Å²) in [7, 11) is 3.22. The number of ether oxygens (including phenoxy) is 2. The molecule has 0 fully saturated rings. The SMILES string of the molecule is COc1ccc(Nc2ncc3scc(-c4ccc(N)c(C)c4)c3n2)cc1OC. The number of nitrogens with two attached hydrogens (primary N) is 1. The lowest BCUT2D eigenvalue weighted by Crippen LogP contribution is -1.98. The van der Waals surface area contributed by atoms with E-state index in [0.717, 1.165) is 38.3 Å². The summed E-state index contributed by atoms with van der Waals surface area (Å²) in [6.45, 7) is 2.01. The lowest BCUT2D eigenvalue weighted by Gasteiger charge is -2.10. The number of fused-ring (bicyclic) bond motifs is 1. The number of thiophene rings is 1. The maximum absolute atomic E-state index is 5.96. The van der Waals surface area contributed by atoms with Crippen molar-refractivity contribution in [1.29, 1.82) is 0 Å². The molecule has 0 bridgehead atoms. The summed E-state index contributed by atoms with van der Waals surface area (Å²) in [5, 5.41) is 5.34. The summed E-state index contributed by atoms with van der Waals surface area (Å²) in [5.74, 6) is 1.83. The third kappa shape index (κ3) is 3.32. The van der Waals surface area contributed by atoms with Crippen LogP contribution < -0.4 is 20.5 Å². The van der Waals surface area contributed by atoms with Gasteiger partial charge in [-0.05, 0) is 42.3 Å². The third-order valence-electron chi connectivity index (χ3n) is 4.53. The van der Waals surface area contributed by atoms with E-state index in [-0.39, 0.29) is 0 Å². The Hall–Kier alpha value is -3.32. The highest BCUT2D eigenvalue weighted by atomic mass is 32.1. The summed E-state index contributed by atoms with van der Waals surface area (Å²) < 4.78 is 11.7. The molecule has 4 rings (SSSR count). The standard InChI is InChI=1S/C21H20N4O2S/c1-12-8-13(4-6-16(12)22)15-11-28-19-10-23-21(25-20(15)19)24-14-5-7-17(26-2)18(9-14)27-3/h4-11H,22H2,1-3H3,(H,23,24,25). The Morgan fingerprint density at radius 1 is 1.04 bits per heavy atom. The Balaban J connectivity index is 1.71. The summed E-state index contributed by atoms with van der Waals surface area (Å²) in [6.07, 6.45) is 1.84. The summed E-state index contributed by atoms with van der Waals surface area (Å²) in [5.41, 5.74) is 11.7. The summed E-state index contributed by atoms with van der Waals surface area (Å²) >= 11 is 1.62. The highest BCUT2D eigenvalue weighted by Crippen LogP contribution is 2.35. The molecule has 0 aliphatic carbocycles. The van der Waals surface area contributed by atoms with Crippen LogP contribution in [0, 0.1) is 6.92 Å². The molecular weight excluding hydrogens is 372 g/mol. The molecule has 0 spiro atoms. The highest BCUT2D eigenvalue weighted by Gasteiger charge is 2.12. The van der Waals surface area contributed by atoms with Gasteiger partial charge in [-0.2, -0.15) is 0 Å². The van der Waals surface area contributed by atoms with Crippen LogP contribution in [0.25, 0.3) is 21.3 Å². The van der Waals surface area contributed by atoms with E-state index in [9.17, 15) is 0 Å². The zero-order valence-electron chi connectivity index (χ0n) is 15.8. The van der Waals surface area contributed by atoms with Crippen LogP contribution in [0.1, 0.15) is 5.56 Å². The fourth-order valence-corrected chi connectivity index (χ4v) is 3.85.